The molecule has 1 amide bonds. The first-order chi connectivity index (χ1) is 10.3. The van der Waals surface area contributed by atoms with Gasteiger partial charge in [-0.05, 0) is 44.0 Å². The van der Waals surface area contributed by atoms with E-state index in [1.807, 2.05) is 0 Å². The molecule has 2 atom stereocenters. The quantitative estimate of drug-likeness (QED) is 0.932. The molecule has 2 rings (SSSR count). The number of alkyl halides is 3. The van der Waals surface area contributed by atoms with Crippen LogP contribution >= 0.6 is 0 Å². The predicted octanol–water partition coefficient (Wildman–Crippen LogP) is 2.82. The van der Waals surface area contributed by atoms with Crippen LogP contribution < -0.4 is 4.74 Å². The number of aliphatic hydroxyl groups is 1. The Balaban J connectivity index is 2.03. The maximum Gasteiger partial charge on any atom is 0.573 e. The van der Waals surface area contributed by atoms with Gasteiger partial charge >= 0.3 is 6.36 Å². The summed E-state index contributed by atoms with van der Waals surface area (Å²) in [7, 11) is 0. The van der Waals surface area contributed by atoms with E-state index in [-0.39, 0.29) is 17.6 Å². The molecule has 1 aliphatic heterocycles. The number of benzene rings is 1. The lowest BCUT2D eigenvalue weighted by Gasteiger charge is -2.34. The molecule has 22 heavy (non-hydrogen) atoms. The molecule has 1 fully saturated rings. The number of nitrogens with zero attached hydrogens (tertiary/aromatic N) is 1. The maximum atomic E-state index is 12.3. The lowest BCUT2D eigenvalue weighted by Crippen LogP contribution is -2.42. The Labute approximate surface area is 126 Å². The second kappa shape index (κ2) is 6.56. The van der Waals surface area contributed by atoms with Crippen molar-refractivity contribution in [1.82, 2.24) is 4.90 Å². The zero-order valence-electron chi connectivity index (χ0n) is 12.1. The Kier molecular flexibility index (Phi) is 4.95. The molecule has 1 aromatic carbocycles. The Morgan fingerprint density at radius 1 is 1.36 bits per heavy atom. The molecule has 7 heteroatoms. The van der Waals surface area contributed by atoms with Crippen LogP contribution in [-0.4, -0.2) is 41.5 Å². The minimum atomic E-state index is -4.75. The third kappa shape index (κ3) is 4.37. The van der Waals surface area contributed by atoms with Crippen molar-refractivity contribution in [2.75, 3.05) is 13.1 Å². The average Bonchev–Trinajstić information content (AvgIpc) is 2.46. The number of hydrogen-bond donors (Lipinski definition) is 1. The molecule has 1 saturated heterocycles. The molecule has 122 valence electrons. The summed E-state index contributed by atoms with van der Waals surface area (Å²) in [6.07, 6.45) is -3.57. The number of rotatable bonds is 3. The van der Waals surface area contributed by atoms with Crippen molar-refractivity contribution in [2.45, 2.75) is 32.2 Å². The SMILES string of the molecule is CC(O)C1CCCN(C(=O)c2ccc(OC(F)(F)F)cc2)C1. The van der Waals surface area contributed by atoms with Gasteiger partial charge in [-0.2, -0.15) is 0 Å². The zero-order valence-corrected chi connectivity index (χ0v) is 12.1. The highest BCUT2D eigenvalue weighted by molar-refractivity contribution is 5.94. The van der Waals surface area contributed by atoms with E-state index in [0.29, 0.717) is 18.7 Å². The Morgan fingerprint density at radius 2 is 2.00 bits per heavy atom. The van der Waals surface area contributed by atoms with E-state index in [1.165, 1.54) is 12.1 Å². The van der Waals surface area contributed by atoms with E-state index in [0.717, 1.165) is 25.0 Å². The lowest BCUT2D eigenvalue weighted by molar-refractivity contribution is -0.274. The van der Waals surface area contributed by atoms with Gasteiger partial charge in [0, 0.05) is 24.6 Å². The molecular weight excluding hydrogens is 299 g/mol. The number of hydrogen-bond acceptors (Lipinski definition) is 3. The average molecular weight is 317 g/mol. The summed E-state index contributed by atoms with van der Waals surface area (Å²) in [5, 5.41) is 9.63. The minimum absolute atomic E-state index is 0.0329. The van der Waals surface area contributed by atoms with Crippen molar-refractivity contribution in [3.8, 4) is 5.75 Å². The number of carbonyl (C=O) groups excluding carboxylic acids is 1. The van der Waals surface area contributed by atoms with Crippen LogP contribution in [0.5, 0.6) is 5.75 Å². The first-order valence-electron chi connectivity index (χ1n) is 7.09. The molecule has 1 heterocycles. The number of likely N-dealkylation sites (tertiary alicyclic amines) is 1. The zero-order chi connectivity index (χ0) is 16.3. The molecule has 1 aliphatic rings. The van der Waals surface area contributed by atoms with Crippen molar-refractivity contribution >= 4 is 5.91 Å². The van der Waals surface area contributed by atoms with Crippen LogP contribution in [0.1, 0.15) is 30.1 Å². The highest BCUT2D eigenvalue weighted by atomic mass is 19.4. The summed E-state index contributed by atoms with van der Waals surface area (Å²) in [4.78, 5) is 14.0. The summed E-state index contributed by atoms with van der Waals surface area (Å²) in [5.74, 6) is -0.570. The Bertz CT molecular complexity index is 514. The lowest BCUT2D eigenvalue weighted by atomic mass is 9.93. The van der Waals surface area contributed by atoms with Crippen LogP contribution in [0.4, 0.5) is 13.2 Å². The monoisotopic (exact) mass is 317 g/mol. The fraction of sp³-hybridized carbons (Fsp3) is 0.533. The molecule has 0 aliphatic carbocycles. The van der Waals surface area contributed by atoms with E-state index in [4.69, 9.17) is 0 Å². The Hall–Kier alpha value is -1.76. The minimum Gasteiger partial charge on any atom is -0.406 e. The third-order valence-electron chi connectivity index (χ3n) is 3.76. The summed E-state index contributed by atoms with van der Waals surface area (Å²) >= 11 is 0. The van der Waals surface area contributed by atoms with Crippen molar-refractivity contribution in [1.29, 1.82) is 0 Å². The van der Waals surface area contributed by atoms with Crippen molar-refractivity contribution in [2.24, 2.45) is 5.92 Å². The summed E-state index contributed by atoms with van der Waals surface area (Å²) < 4.78 is 40.0. The number of amides is 1. The van der Waals surface area contributed by atoms with Gasteiger partial charge in [-0.3, -0.25) is 4.79 Å². The molecule has 4 nitrogen and oxygen atoms in total. The van der Waals surface area contributed by atoms with Gasteiger partial charge in [-0.1, -0.05) is 0 Å². The van der Waals surface area contributed by atoms with E-state index < -0.39 is 12.5 Å². The van der Waals surface area contributed by atoms with Gasteiger partial charge in [0.05, 0.1) is 6.10 Å². The molecule has 0 saturated carbocycles. The topological polar surface area (TPSA) is 49.8 Å². The highest BCUT2D eigenvalue weighted by Gasteiger charge is 2.31. The fourth-order valence-corrected chi connectivity index (χ4v) is 2.57. The number of halogens is 3. The largest absolute Gasteiger partial charge is 0.573 e. The molecule has 0 bridgehead atoms. The third-order valence-corrected chi connectivity index (χ3v) is 3.76. The molecular formula is C15H18F3NO3. The maximum absolute atomic E-state index is 12.3. The van der Waals surface area contributed by atoms with Gasteiger partial charge in [0.2, 0.25) is 0 Å². The van der Waals surface area contributed by atoms with Crippen LogP contribution in [0.3, 0.4) is 0 Å². The van der Waals surface area contributed by atoms with Gasteiger partial charge < -0.3 is 14.7 Å². The Morgan fingerprint density at radius 3 is 2.55 bits per heavy atom. The first kappa shape index (κ1) is 16.6. The van der Waals surface area contributed by atoms with E-state index in [1.54, 1.807) is 11.8 Å². The second-order valence-corrected chi connectivity index (χ2v) is 5.47. The van der Waals surface area contributed by atoms with Crippen molar-refractivity contribution in [3.05, 3.63) is 29.8 Å². The number of ether oxygens (including phenoxy) is 1. The number of aliphatic hydroxyl groups excluding tert-OH is 1. The van der Waals surface area contributed by atoms with Crippen molar-refractivity contribution in [3.63, 3.8) is 0 Å². The molecule has 0 radical (unpaired) electrons. The second-order valence-electron chi connectivity index (χ2n) is 5.47. The summed E-state index contributed by atoms with van der Waals surface area (Å²) in [6, 6.07) is 4.87. The van der Waals surface area contributed by atoms with Crippen LogP contribution in [0.2, 0.25) is 0 Å². The molecule has 0 spiro atoms. The predicted molar refractivity (Wildman–Crippen MR) is 73.4 cm³/mol. The summed E-state index contributed by atoms with van der Waals surface area (Å²) in [6.45, 7) is 2.74. The summed E-state index contributed by atoms with van der Waals surface area (Å²) in [5.41, 5.74) is 0.306. The van der Waals surface area contributed by atoms with Crippen LogP contribution in [0.25, 0.3) is 0 Å². The standard InChI is InChI=1S/C15H18F3NO3/c1-10(20)12-3-2-8-19(9-12)14(21)11-4-6-13(7-5-11)22-15(16,17)18/h4-7,10,12,20H,2-3,8-9H2,1H3. The van der Waals surface area contributed by atoms with Crippen LogP contribution in [-0.2, 0) is 0 Å². The van der Waals surface area contributed by atoms with Gasteiger partial charge in [0.1, 0.15) is 5.75 Å². The smallest absolute Gasteiger partial charge is 0.406 e. The van der Waals surface area contributed by atoms with Gasteiger partial charge in [0.15, 0.2) is 0 Å². The molecule has 2 unspecified atom stereocenters. The van der Waals surface area contributed by atoms with Gasteiger partial charge in [-0.15, -0.1) is 13.2 Å². The first-order valence-corrected chi connectivity index (χ1v) is 7.09. The molecule has 1 N–H and O–H groups in total. The fourth-order valence-electron chi connectivity index (χ4n) is 2.57. The van der Waals surface area contributed by atoms with Gasteiger partial charge in [-0.25, -0.2) is 0 Å². The van der Waals surface area contributed by atoms with Crippen LogP contribution in [0.15, 0.2) is 24.3 Å². The molecule has 1 aromatic rings. The normalized spacial score (nSPS) is 20.6. The van der Waals surface area contributed by atoms with E-state index in [9.17, 15) is 23.1 Å². The number of piperidine rings is 1. The van der Waals surface area contributed by atoms with Crippen molar-refractivity contribution < 1.29 is 27.8 Å². The van der Waals surface area contributed by atoms with E-state index >= 15 is 0 Å². The number of carbonyl (C=O) groups is 1. The molecule has 0 aromatic heterocycles. The van der Waals surface area contributed by atoms with Crippen LogP contribution in [0, 0.1) is 5.92 Å². The highest BCUT2D eigenvalue weighted by Crippen LogP contribution is 2.24. The van der Waals surface area contributed by atoms with Gasteiger partial charge in [0.25, 0.3) is 5.91 Å². The van der Waals surface area contributed by atoms with E-state index in [2.05, 4.69) is 4.74 Å².